The maximum Gasteiger partial charge on any atom is 0.263 e. The number of nitrogens with zero attached hydrogens (tertiary/aromatic N) is 1. The summed E-state index contributed by atoms with van der Waals surface area (Å²) in [5, 5.41) is 19.4. The van der Waals surface area contributed by atoms with Gasteiger partial charge in [0.25, 0.3) is 5.91 Å². The molecule has 4 N–H and O–H groups in total. The zero-order valence-corrected chi connectivity index (χ0v) is 13.0. The van der Waals surface area contributed by atoms with Crippen LogP contribution in [-0.4, -0.2) is 20.9 Å². The SMILES string of the molecule is CCCNC(=O)/C(C#N)=C\NCc1ccc(S(N)(=O)=O)cc1. The van der Waals surface area contributed by atoms with E-state index in [1.165, 1.54) is 18.3 Å². The molecule has 8 heteroatoms. The average Bonchev–Trinajstić information content (AvgIpc) is 2.48. The van der Waals surface area contributed by atoms with Crippen molar-refractivity contribution in [2.75, 3.05) is 6.54 Å². The first-order valence-electron chi connectivity index (χ1n) is 6.62. The van der Waals surface area contributed by atoms with Crippen molar-refractivity contribution in [2.24, 2.45) is 5.14 Å². The van der Waals surface area contributed by atoms with Crippen LogP contribution in [-0.2, 0) is 21.4 Å². The molecule has 0 unspecified atom stereocenters. The van der Waals surface area contributed by atoms with Crippen molar-refractivity contribution >= 4 is 15.9 Å². The number of benzene rings is 1. The molecule has 0 spiro atoms. The first kappa shape index (κ1) is 17.7. The first-order chi connectivity index (χ1) is 10.4. The number of hydrogen-bond acceptors (Lipinski definition) is 5. The van der Waals surface area contributed by atoms with Gasteiger partial charge in [0.05, 0.1) is 4.90 Å². The Kier molecular flexibility index (Phi) is 6.56. The highest BCUT2D eigenvalue weighted by Crippen LogP contribution is 2.08. The van der Waals surface area contributed by atoms with Gasteiger partial charge in [-0.15, -0.1) is 0 Å². The van der Waals surface area contributed by atoms with Gasteiger partial charge < -0.3 is 10.6 Å². The lowest BCUT2D eigenvalue weighted by atomic mass is 10.2. The maximum atomic E-state index is 11.6. The van der Waals surface area contributed by atoms with Crippen molar-refractivity contribution in [3.8, 4) is 6.07 Å². The van der Waals surface area contributed by atoms with E-state index in [1.54, 1.807) is 12.1 Å². The Labute approximate surface area is 129 Å². The lowest BCUT2D eigenvalue weighted by Crippen LogP contribution is -2.26. The summed E-state index contributed by atoms with van der Waals surface area (Å²) < 4.78 is 22.2. The monoisotopic (exact) mass is 322 g/mol. The van der Waals surface area contributed by atoms with Gasteiger partial charge in [-0.3, -0.25) is 4.79 Å². The third-order valence-electron chi connectivity index (χ3n) is 2.71. The van der Waals surface area contributed by atoms with Gasteiger partial charge in [0.2, 0.25) is 10.0 Å². The standard InChI is InChI=1S/C14H18N4O3S/c1-2-7-18-14(19)12(8-15)10-17-9-11-3-5-13(6-4-11)22(16,20)21/h3-6,10,17H,2,7,9H2,1H3,(H,18,19)(H2,16,20,21)/b12-10-. The number of amides is 1. The zero-order chi connectivity index (χ0) is 16.6. The highest BCUT2D eigenvalue weighted by molar-refractivity contribution is 7.89. The van der Waals surface area contributed by atoms with Crippen molar-refractivity contribution < 1.29 is 13.2 Å². The Morgan fingerprint density at radius 3 is 2.50 bits per heavy atom. The van der Waals surface area contributed by atoms with Gasteiger partial charge in [-0.25, -0.2) is 13.6 Å². The van der Waals surface area contributed by atoms with E-state index in [2.05, 4.69) is 10.6 Å². The Morgan fingerprint density at radius 1 is 1.36 bits per heavy atom. The average molecular weight is 322 g/mol. The highest BCUT2D eigenvalue weighted by Gasteiger charge is 2.08. The van der Waals surface area contributed by atoms with Crippen molar-refractivity contribution in [3.63, 3.8) is 0 Å². The van der Waals surface area contributed by atoms with Gasteiger partial charge in [0.15, 0.2) is 0 Å². The number of rotatable bonds is 7. The Hall–Kier alpha value is -2.37. The van der Waals surface area contributed by atoms with Crippen LogP contribution in [0.4, 0.5) is 0 Å². The molecule has 0 radical (unpaired) electrons. The van der Waals surface area contributed by atoms with Crippen molar-refractivity contribution in [3.05, 3.63) is 41.6 Å². The number of carbonyl (C=O) groups excluding carboxylic acids is 1. The van der Waals surface area contributed by atoms with Gasteiger partial charge in [-0.05, 0) is 24.1 Å². The molecule has 1 rings (SSSR count). The third-order valence-corrected chi connectivity index (χ3v) is 3.63. The smallest absolute Gasteiger partial charge is 0.263 e. The lowest BCUT2D eigenvalue weighted by Gasteiger charge is -2.05. The second-order valence-electron chi connectivity index (χ2n) is 4.50. The third kappa shape index (κ3) is 5.55. The van der Waals surface area contributed by atoms with Crippen molar-refractivity contribution in [1.82, 2.24) is 10.6 Å². The molecule has 22 heavy (non-hydrogen) atoms. The molecule has 0 aliphatic heterocycles. The van der Waals surface area contributed by atoms with Crippen molar-refractivity contribution in [2.45, 2.75) is 24.8 Å². The molecule has 0 aliphatic carbocycles. The first-order valence-corrected chi connectivity index (χ1v) is 8.16. The van der Waals surface area contributed by atoms with Crippen LogP contribution in [0.15, 0.2) is 40.9 Å². The van der Waals surface area contributed by atoms with E-state index in [4.69, 9.17) is 10.4 Å². The van der Waals surface area contributed by atoms with E-state index in [-0.39, 0.29) is 10.5 Å². The summed E-state index contributed by atoms with van der Waals surface area (Å²) in [5.74, 6) is -0.429. The number of sulfonamides is 1. The van der Waals surface area contributed by atoms with Crippen molar-refractivity contribution in [1.29, 1.82) is 5.26 Å². The zero-order valence-electron chi connectivity index (χ0n) is 12.2. The summed E-state index contributed by atoms with van der Waals surface area (Å²) >= 11 is 0. The fraction of sp³-hybridized carbons (Fsp3) is 0.286. The molecule has 0 fully saturated rings. The summed E-state index contributed by atoms with van der Waals surface area (Å²) in [6, 6.07) is 7.81. The van der Waals surface area contributed by atoms with Gasteiger partial charge in [-0.1, -0.05) is 19.1 Å². The van der Waals surface area contributed by atoms with Gasteiger partial charge >= 0.3 is 0 Å². The van der Waals surface area contributed by atoms with Crippen LogP contribution in [0, 0.1) is 11.3 Å². The summed E-state index contributed by atoms with van der Waals surface area (Å²) in [6.45, 7) is 2.77. The van der Waals surface area contributed by atoms with E-state index in [0.717, 1.165) is 12.0 Å². The molecular weight excluding hydrogens is 304 g/mol. The van der Waals surface area contributed by atoms with Crippen LogP contribution >= 0.6 is 0 Å². The topological polar surface area (TPSA) is 125 Å². The number of carbonyl (C=O) groups is 1. The molecule has 118 valence electrons. The number of nitrogens with two attached hydrogens (primary N) is 1. The molecule has 0 saturated carbocycles. The quantitative estimate of drug-likeness (QED) is 0.493. The summed E-state index contributed by atoms with van der Waals surface area (Å²) in [5.41, 5.74) is 0.768. The summed E-state index contributed by atoms with van der Waals surface area (Å²) in [7, 11) is -3.71. The molecule has 0 aliphatic rings. The molecule has 7 nitrogen and oxygen atoms in total. The predicted molar refractivity (Wildman–Crippen MR) is 81.7 cm³/mol. The van der Waals surface area contributed by atoms with Crippen LogP contribution in [0.3, 0.4) is 0 Å². The van der Waals surface area contributed by atoms with Gasteiger partial charge in [0.1, 0.15) is 11.6 Å². The molecule has 0 saturated heterocycles. The van der Waals surface area contributed by atoms with Crippen LogP contribution in [0.5, 0.6) is 0 Å². The van der Waals surface area contributed by atoms with E-state index >= 15 is 0 Å². The van der Waals surface area contributed by atoms with E-state index < -0.39 is 15.9 Å². The summed E-state index contributed by atoms with van der Waals surface area (Å²) in [4.78, 5) is 11.6. The number of primary sulfonamides is 1. The largest absolute Gasteiger partial charge is 0.386 e. The Morgan fingerprint density at radius 2 is 2.00 bits per heavy atom. The number of nitrogens with one attached hydrogen (secondary N) is 2. The van der Waals surface area contributed by atoms with Gasteiger partial charge in [-0.2, -0.15) is 5.26 Å². The normalized spacial score (nSPS) is 11.6. The highest BCUT2D eigenvalue weighted by atomic mass is 32.2. The van der Waals surface area contributed by atoms with Crippen LogP contribution < -0.4 is 15.8 Å². The van der Waals surface area contributed by atoms with Gasteiger partial charge in [0, 0.05) is 19.3 Å². The van der Waals surface area contributed by atoms with E-state index in [1.807, 2.05) is 13.0 Å². The van der Waals surface area contributed by atoms with E-state index in [9.17, 15) is 13.2 Å². The second kappa shape index (κ2) is 8.17. The second-order valence-corrected chi connectivity index (χ2v) is 6.06. The fourth-order valence-corrected chi connectivity index (χ4v) is 2.07. The minimum atomic E-state index is -3.71. The maximum absolute atomic E-state index is 11.6. The molecule has 0 atom stereocenters. The van der Waals surface area contributed by atoms with Crippen LogP contribution in [0.1, 0.15) is 18.9 Å². The van der Waals surface area contributed by atoms with Crippen LogP contribution in [0.2, 0.25) is 0 Å². The summed E-state index contributed by atoms with van der Waals surface area (Å²) in [6.07, 6.45) is 2.12. The molecule has 1 amide bonds. The molecule has 0 aromatic heterocycles. The minimum Gasteiger partial charge on any atom is -0.386 e. The number of hydrogen-bond donors (Lipinski definition) is 3. The molecule has 1 aromatic carbocycles. The molecule has 1 aromatic rings. The predicted octanol–water partition coefficient (Wildman–Crippen LogP) is 0.357. The van der Waals surface area contributed by atoms with E-state index in [0.29, 0.717) is 13.1 Å². The Bertz CT molecular complexity index is 688. The minimum absolute atomic E-state index is 0.0189. The lowest BCUT2D eigenvalue weighted by molar-refractivity contribution is -0.117. The molecular formula is C14H18N4O3S. The Balaban J connectivity index is 2.64. The fourth-order valence-electron chi connectivity index (χ4n) is 1.55. The molecule has 0 heterocycles. The number of nitriles is 1. The van der Waals surface area contributed by atoms with Crippen LogP contribution in [0.25, 0.3) is 0 Å². The molecule has 0 bridgehead atoms.